The highest BCUT2D eigenvalue weighted by Crippen LogP contribution is 2.34. The SMILES string of the molecule is FC(F)(F)c1cnc(N2CCN(c3nc(CSc4ccc(Cl)cc4)cs3)CC2)c(Cl)c1. The molecule has 0 saturated carbocycles. The minimum Gasteiger partial charge on any atom is -0.352 e. The van der Waals surface area contributed by atoms with E-state index >= 15 is 0 Å². The third-order valence-corrected chi connectivity index (χ3v) is 7.26. The maximum absolute atomic E-state index is 12.8. The Morgan fingerprint density at radius 3 is 2.35 bits per heavy atom. The maximum Gasteiger partial charge on any atom is 0.417 e. The Kier molecular flexibility index (Phi) is 6.86. The zero-order valence-corrected chi connectivity index (χ0v) is 19.2. The zero-order chi connectivity index (χ0) is 22.0. The molecule has 0 spiro atoms. The molecule has 31 heavy (non-hydrogen) atoms. The summed E-state index contributed by atoms with van der Waals surface area (Å²) in [6.45, 7) is 2.59. The summed E-state index contributed by atoms with van der Waals surface area (Å²) in [5, 5.41) is 3.72. The van der Waals surface area contributed by atoms with Crippen LogP contribution in [0.3, 0.4) is 0 Å². The molecular weight excluding hydrogens is 488 g/mol. The quantitative estimate of drug-likeness (QED) is 0.371. The van der Waals surface area contributed by atoms with Crippen LogP contribution in [-0.2, 0) is 11.9 Å². The number of rotatable bonds is 5. The van der Waals surface area contributed by atoms with Crippen molar-refractivity contribution in [1.29, 1.82) is 0 Å². The number of thioether (sulfide) groups is 1. The van der Waals surface area contributed by atoms with Crippen molar-refractivity contribution in [2.75, 3.05) is 36.0 Å². The van der Waals surface area contributed by atoms with Crippen molar-refractivity contribution >= 4 is 57.2 Å². The molecule has 0 amide bonds. The van der Waals surface area contributed by atoms with Crippen molar-refractivity contribution in [2.24, 2.45) is 0 Å². The molecule has 164 valence electrons. The van der Waals surface area contributed by atoms with Crippen molar-refractivity contribution in [3.8, 4) is 0 Å². The average Bonchev–Trinajstić information content (AvgIpc) is 3.22. The van der Waals surface area contributed by atoms with Crippen LogP contribution >= 0.6 is 46.3 Å². The number of aromatic nitrogens is 2. The van der Waals surface area contributed by atoms with Gasteiger partial charge in [-0.15, -0.1) is 23.1 Å². The van der Waals surface area contributed by atoms with E-state index in [9.17, 15) is 13.2 Å². The Labute approximate surface area is 196 Å². The molecule has 0 radical (unpaired) electrons. The lowest BCUT2D eigenvalue weighted by Gasteiger charge is -2.35. The predicted molar refractivity (Wildman–Crippen MR) is 122 cm³/mol. The van der Waals surface area contributed by atoms with Crippen molar-refractivity contribution in [1.82, 2.24) is 9.97 Å². The van der Waals surface area contributed by atoms with Gasteiger partial charge in [0, 0.05) is 53.4 Å². The van der Waals surface area contributed by atoms with E-state index in [1.54, 1.807) is 23.1 Å². The summed E-state index contributed by atoms with van der Waals surface area (Å²) in [6, 6.07) is 8.64. The van der Waals surface area contributed by atoms with Crippen molar-refractivity contribution < 1.29 is 13.2 Å². The average molecular weight is 505 g/mol. The van der Waals surface area contributed by atoms with Crippen LogP contribution < -0.4 is 9.80 Å². The number of halogens is 5. The first-order chi connectivity index (χ1) is 14.8. The molecule has 0 atom stereocenters. The first kappa shape index (κ1) is 22.5. The smallest absolute Gasteiger partial charge is 0.352 e. The van der Waals surface area contributed by atoms with Crippen molar-refractivity contribution in [3.05, 3.63) is 63.2 Å². The van der Waals surface area contributed by atoms with E-state index in [1.807, 2.05) is 29.2 Å². The number of pyridine rings is 1. The van der Waals surface area contributed by atoms with Crippen LogP contribution in [0.4, 0.5) is 24.1 Å². The van der Waals surface area contributed by atoms with Crippen LogP contribution in [0.5, 0.6) is 0 Å². The van der Waals surface area contributed by atoms with Gasteiger partial charge in [0.05, 0.1) is 16.3 Å². The summed E-state index contributed by atoms with van der Waals surface area (Å²) < 4.78 is 38.5. The van der Waals surface area contributed by atoms with Crippen molar-refractivity contribution in [2.45, 2.75) is 16.8 Å². The van der Waals surface area contributed by atoms with Crippen LogP contribution in [0.25, 0.3) is 0 Å². The molecule has 0 N–H and O–H groups in total. The van der Waals surface area contributed by atoms with Gasteiger partial charge in [-0.1, -0.05) is 23.2 Å². The van der Waals surface area contributed by atoms with Gasteiger partial charge in [-0.25, -0.2) is 9.97 Å². The van der Waals surface area contributed by atoms with Crippen LogP contribution in [0.2, 0.25) is 10.0 Å². The van der Waals surface area contributed by atoms with Gasteiger partial charge in [-0.05, 0) is 30.3 Å². The van der Waals surface area contributed by atoms with E-state index in [1.165, 1.54) is 0 Å². The first-order valence-electron chi connectivity index (χ1n) is 9.35. The van der Waals surface area contributed by atoms with Gasteiger partial charge in [-0.2, -0.15) is 13.2 Å². The third-order valence-electron chi connectivity index (χ3n) is 4.74. The number of thiazole rings is 1. The molecule has 3 heterocycles. The Hall–Kier alpha value is -1.68. The maximum atomic E-state index is 12.8. The lowest BCUT2D eigenvalue weighted by Crippen LogP contribution is -2.47. The minimum absolute atomic E-state index is 0.0130. The van der Waals surface area contributed by atoms with Crippen LogP contribution in [0.1, 0.15) is 11.3 Å². The van der Waals surface area contributed by atoms with E-state index in [0.29, 0.717) is 37.0 Å². The van der Waals surface area contributed by atoms with Gasteiger partial charge in [0.1, 0.15) is 5.82 Å². The van der Waals surface area contributed by atoms with E-state index in [2.05, 4.69) is 15.3 Å². The first-order valence-corrected chi connectivity index (χ1v) is 12.0. The predicted octanol–water partition coefficient (Wildman–Crippen LogP) is 6.48. The summed E-state index contributed by atoms with van der Waals surface area (Å²) in [5.74, 6) is 1.15. The fourth-order valence-electron chi connectivity index (χ4n) is 3.12. The summed E-state index contributed by atoms with van der Waals surface area (Å²) in [4.78, 5) is 13.9. The van der Waals surface area contributed by atoms with Gasteiger partial charge in [0.2, 0.25) is 0 Å². The van der Waals surface area contributed by atoms with E-state index in [0.717, 1.165) is 33.7 Å². The Bertz CT molecular complexity index is 1040. The second-order valence-corrected chi connectivity index (χ2v) is 9.59. The molecule has 1 aliphatic heterocycles. The van der Waals surface area contributed by atoms with Gasteiger partial charge in [-0.3, -0.25) is 0 Å². The van der Waals surface area contributed by atoms with Crippen molar-refractivity contribution in [3.63, 3.8) is 0 Å². The Balaban J connectivity index is 1.33. The number of hydrogen-bond acceptors (Lipinski definition) is 6. The molecule has 0 bridgehead atoms. The van der Waals surface area contributed by atoms with Crippen LogP contribution in [0, 0.1) is 0 Å². The lowest BCUT2D eigenvalue weighted by molar-refractivity contribution is -0.137. The number of nitrogens with zero attached hydrogens (tertiary/aromatic N) is 4. The molecule has 3 aromatic rings. The number of anilines is 2. The highest BCUT2D eigenvalue weighted by molar-refractivity contribution is 7.98. The van der Waals surface area contributed by atoms with E-state index < -0.39 is 11.7 Å². The third kappa shape index (κ3) is 5.58. The molecule has 0 aliphatic carbocycles. The van der Waals surface area contributed by atoms with Gasteiger partial charge in [0.15, 0.2) is 5.13 Å². The number of hydrogen-bond donors (Lipinski definition) is 0. The second-order valence-electron chi connectivity index (χ2n) is 6.87. The topological polar surface area (TPSA) is 32.3 Å². The molecule has 11 heteroatoms. The second kappa shape index (κ2) is 9.44. The zero-order valence-electron chi connectivity index (χ0n) is 16.1. The molecule has 4 rings (SSSR count). The fourth-order valence-corrected chi connectivity index (χ4v) is 5.31. The highest BCUT2D eigenvalue weighted by Gasteiger charge is 2.32. The molecule has 1 aromatic carbocycles. The standard InChI is InChI=1S/C20H17Cl2F3N4S2/c21-14-1-3-16(4-2-14)30-11-15-12-31-19(27-15)29-7-5-28(6-8-29)18-17(22)9-13(10-26-18)20(23,24)25/h1-4,9-10,12H,5-8,11H2. The largest absolute Gasteiger partial charge is 0.417 e. The summed E-state index contributed by atoms with van der Waals surface area (Å²) in [7, 11) is 0. The normalized spacial score (nSPS) is 14.9. The van der Waals surface area contributed by atoms with Gasteiger partial charge >= 0.3 is 6.18 Å². The fraction of sp³-hybridized carbons (Fsp3) is 0.300. The molecular formula is C20H17Cl2F3N4S2. The summed E-state index contributed by atoms with van der Waals surface area (Å²) in [6.07, 6.45) is -3.62. The Morgan fingerprint density at radius 2 is 1.71 bits per heavy atom. The molecule has 0 unspecified atom stereocenters. The summed E-state index contributed by atoms with van der Waals surface area (Å²) >= 11 is 15.3. The Morgan fingerprint density at radius 1 is 1.03 bits per heavy atom. The molecule has 1 saturated heterocycles. The molecule has 1 fully saturated rings. The number of piperazine rings is 1. The molecule has 2 aromatic heterocycles. The number of benzene rings is 1. The monoisotopic (exact) mass is 504 g/mol. The van der Waals surface area contributed by atoms with Crippen LogP contribution in [-0.4, -0.2) is 36.1 Å². The highest BCUT2D eigenvalue weighted by atomic mass is 35.5. The lowest BCUT2D eigenvalue weighted by atomic mass is 10.2. The summed E-state index contributed by atoms with van der Waals surface area (Å²) in [5.41, 5.74) is 0.168. The van der Waals surface area contributed by atoms with Gasteiger partial charge in [0.25, 0.3) is 0 Å². The van der Waals surface area contributed by atoms with E-state index in [-0.39, 0.29) is 5.02 Å². The molecule has 1 aliphatic rings. The van der Waals surface area contributed by atoms with E-state index in [4.69, 9.17) is 28.2 Å². The van der Waals surface area contributed by atoms with Gasteiger partial charge < -0.3 is 9.80 Å². The number of alkyl halides is 3. The molecule has 4 nitrogen and oxygen atoms in total. The minimum atomic E-state index is -4.46. The van der Waals surface area contributed by atoms with Crippen LogP contribution in [0.15, 0.2) is 46.8 Å².